The van der Waals surface area contributed by atoms with Crippen LogP contribution in [0, 0.1) is 17.8 Å². The Balaban J connectivity index is 1.41. The van der Waals surface area contributed by atoms with E-state index >= 15 is 0 Å². The summed E-state index contributed by atoms with van der Waals surface area (Å²) in [5.74, 6) is 2.54. The van der Waals surface area contributed by atoms with Gasteiger partial charge in [-0.2, -0.15) is 5.10 Å². The second-order valence-electron chi connectivity index (χ2n) is 9.14. The van der Waals surface area contributed by atoms with E-state index in [-0.39, 0.29) is 11.4 Å². The topological polar surface area (TPSA) is 46.9 Å². The first-order valence-corrected chi connectivity index (χ1v) is 12.0. The fourth-order valence-corrected chi connectivity index (χ4v) is 6.92. The largest absolute Gasteiger partial charge is 0.345 e. The van der Waals surface area contributed by atoms with Gasteiger partial charge in [0.1, 0.15) is 0 Å². The van der Waals surface area contributed by atoms with Gasteiger partial charge in [-0.05, 0) is 79.6 Å². The van der Waals surface area contributed by atoms with E-state index in [0.29, 0.717) is 5.69 Å². The monoisotopic (exact) mass is 477 g/mol. The number of unbranched alkanes of at least 4 members (excludes halogenated alkanes) is 1. The highest BCUT2D eigenvalue weighted by Gasteiger charge is 2.51. The van der Waals surface area contributed by atoms with E-state index in [1.54, 1.807) is 0 Å². The van der Waals surface area contributed by atoms with Gasteiger partial charge in [0.25, 0.3) is 5.91 Å². The number of carbonyl (C=O) groups excluding carboxylic acids is 1. The fraction of sp³-hybridized carbons (Fsp3) is 0.636. The molecule has 4 bridgehead atoms. The smallest absolute Gasteiger partial charge is 0.272 e. The first-order chi connectivity index (χ1) is 13.2. The minimum Gasteiger partial charge on any atom is -0.345 e. The van der Waals surface area contributed by atoms with E-state index in [1.165, 1.54) is 44.9 Å². The summed E-state index contributed by atoms with van der Waals surface area (Å²) in [5, 5.41) is 9.25. The molecule has 0 saturated heterocycles. The number of amides is 1. The van der Waals surface area contributed by atoms with Crippen LogP contribution in [-0.2, 0) is 6.54 Å². The minimum atomic E-state index is 0.0396. The molecule has 0 aliphatic heterocycles. The van der Waals surface area contributed by atoms with Crippen LogP contribution in [0.4, 0.5) is 0 Å². The van der Waals surface area contributed by atoms with E-state index < -0.39 is 0 Å². The summed E-state index contributed by atoms with van der Waals surface area (Å²) in [7, 11) is 0. The molecule has 1 heterocycles. The van der Waals surface area contributed by atoms with Crippen molar-refractivity contribution in [3.05, 3.63) is 30.0 Å². The first kappa shape index (κ1) is 18.0. The lowest BCUT2D eigenvalue weighted by molar-refractivity contribution is -0.0167. The average Bonchev–Trinajstić information content (AvgIpc) is 3.00. The number of halogens is 1. The summed E-state index contributed by atoms with van der Waals surface area (Å²) in [4.78, 5) is 13.3. The summed E-state index contributed by atoms with van der Waals surface area (Å²) < 4.78 is 3.20. The molecule has 6 rings (SSSR count). The zero-order chi connectivity index (χ0) is 18.4. The summed E-state index contributed by atoms with van der Waals surface area (Å²) in [6.07, 6.45) is 10.0. The molecule has 4 nitrogen and oxygen atoms in total. The summed E-state index contributed by atoms with van der Waals surface area (Å²) in [5.41, 5.74) is 1.75. The van der Waals surface area contributed by atoms with Crippen molar-refractivity contribution in [2.45, 2.75) is 63.5 Å². The molecule has 27 heavy (non-hydrogen) atoms. The van der Waals surface area contributed by atoms with Crippen LogP contribution in [0.1, 0.15) is 61.9 Å². The van der Waals surface area contributed by atoms with Gasteiger partial charge >= 0.3 is 0 Å². The van der Waals surface area contributed by atoms with Gasteiger partial charge in [-0.1, -0.05) is 40.8 Å². The lowest BCUT2D eigenvalue weighted by Crippen LogP contribution is -2.59. The Morgan fingerprint density at radius 2 is 1.78 bits per heavy atom. The van der Waals surface area contributed by atoms with Crippen LogP contribution in [-0.4, -0.2) is 25.7 Å². The van der Waals surface area contributed by atoms with Crippen LogP contribution in [0.2, 0.25) is 0 Å². The second-order valence-corrected chi connectivity index (χ2v) is 10.2. The van der Waals surface area contributed by atoms with Crippen LogP contribution in [0.3, 0.4) is 0 Å². The Morgan fingerprint density at radius 3 is 2.44 bits per heavy atom. The zero-order valence-corrected chi connectivity index (χ0v) is 18.0. The molecule has 1 N–H and O–H groups in total. The first-order valence-electron chi connectivity index (χ1n) is 10.5. The van der Waals surface area contributed by atoms with Crippen LogP contribution in [0.15, 0.2) is 24.3 Å². The Morgan fingerprint density at radius 1 is 1.11 bits per heavy atom. The number of para-hydroxylation sites is 1. The third-order valence-electron chi connectivity index (χ3n) is 7.04. The molecule has 1 aromatic heterocycles. The van der Waals surface area contributed by atoms with Gasteiger partial charge in [-0.3, -0.25) is 9.48 Å². The molecule has 144 valence electrons. The molecular weight excluding hydrogens is 449 g/mol. The Bertz CT molecular complexity index is 823. The van der Waals surface area contributed by atoms with Gasteiger partial charge in [0.2, 0.25) is 0 Å². The summed E-state index contributed by atoms with van der Waals surface area (Å²) in [6, 6.07) is 8.19. The van der Waals surface area contributed by atoms with Crippen molar-refractivity contribution < 1.29 is 4.79 Å². The lowest BCUT2D eigenvalue weighted by Gasteiger charge is -2.56. The Hall–Kier alpha value is -1.11. The number of hydrogen-bond acceptors (Lipinski definition) is 2. The second kappa shape index (κ2) is 7.05. The molecule has 4 aliphatic carbocycles. The quantitative estimate of drug-likeness (QED) is 0.364. The van der Waals surface area contributed by atoms with E-state index in [9.17, 15) is 4.79 Å². The predicted octanol–water partition coefficient (Wildman–Crippen LogP) is 4.95. The van der Waals surface area contributed by atoms with Gasteiger partial charge in [0, 0.05) is 17.5 Å². The van der Waals surface area contributed by atoms with E-state index in [4.69, 9.17) is 5.10 Å². The van der Waals surface area contributed by atoms with Crippen molar-refractivity contribution in [1.82, 2.24) is 15.1 Å². The number of alkyl halides is 1. The van der Waals surface area contributed by atoms with E-state index in [2.05, 4.69) is 34.0 Å². The van der Waals surface area contributed by atoms with Crippen LogP contribution in [0.5, 0.6) is 0 Å². The van der Waals surface area contributed by atoms with Crippen LogP contribution in [0.25, 0.3) is 10.9 Å². The van der Waals surface area contributed by atoms with Gasteiger partial charge in [0.05, 0.1) is 5.52 Å². The van der Waals surface area contributed by atoms with Crippen LogP contribution >= 0.6 is 22.6 Å². The van der Waals surface area contributed by atoms with Crippen molar-refractivity contribution >= 4 is 39.4 Å². The molecule has 1 aromatic carbocycles. The average molecular weight is 477 g/mol. The summed E-state index contributed by atoms with van der Waals surface area (Å²) >= 11 is 2.42. The molecule has 0 unspecified atom stereocenters. The van der Waals surface area contributed by atoms with Crippen molar-refractivity contribution in [2.75, 3.05) is 4.43 Å². The van der Waals surface area contributed by atoms with Crippen molar-refractivity contribution in [3.63, 3.8) is 0 Å². The molecule has 5 heteroatoms. The number of aromatic nitrogens is 2. The zero-order valence-electron chi connectivity index (χ0n) is 15.8. The molecule has 0 spiro atoms. The number of aryl methyl sites for hydroxylation is 1. The molecule has 1 amide bonds. The standard InChI is InChI=1S/C22H28IN3O/c23-7-3-4-8-26-19-6-2-1-5-18(19)20(25-26)21(27)24-22-12-15-9-16(13-22)11-17(10-15)14-22/h1-2,5-6,15-17H,3-4,7-14H2,(H,24,27). The van der Waals surface area contributed by atoms with Crippen LogP contribution < -0.4 is 5.32 Å². The molecule has 0 radical (unpaired) electrons. The molecule has 4 fully saturated rings. The molecule has 0 atom stereocenters. The highest BCUT2D eigenvalue weighted by molar-refractivity contribution is 14.1. The Labute approximate surface area is 174 Å². The number of rotatable bonds is 6. The molecular formula is C22H28IN3O. The maximum Gasteiger partial charge on any atom is 0.272 e. The number of benzene rings is 1. The number of hydrogen-bond donors (Lipinski definition) is 1. The fourth-order valence-electron chi connectivity index (χ4n) is 6.39. The third kappa shape index (κ3) is 3.30. The summed E-state index contributed by atoms with van der Waals surface area (Å²) in [6.45, 7) is 0.883. The normalized spacial score (nSPS) is 31.5. The third-order valence-corrected chi connectivity index (χ3v) is 7.81. The maximum absolute atomic E-state index is 13.3. The molecule has 4 saturated carbocycles. The van der Waals surface area contributed by atoms with Gasteiger partial charge in [-0.25, -0.2) is 0 Å². The lowest BCUT2D eigenvalue weighted by atomic mass is 9.53. The SMILES string of the molecule is O=C(NC12CC3CC(CC(C3)C1)C2)c1nn(CCCCI)c2ccccc12. The highest BCUT2D eigenvalue weighted by Crippen LogP contribution is 2.55. The van der Waals surface area contributed by atoms with Crippen molar-refractivity contribution in [3.8, 4) is 0 Å². The highest BCUT2D eigenvalue weighted by atomic mass is 127. The van der Waals surface area contributed by atoms with Gasteiger partial charge in [-0.15, -0.1) is 0 Å². The van der Waals surface area contributed by atoms with Gasteiger partial charge in [0.15, 0.2) is 5.69 Å². The minimum absolute atomic E-state index is 0.0396. The number of fused-ring (bicyclic) bond motifs is 1. The number of carbonyl (C=O) groups is 1. The predicted molar refractivity (Wildman–Crippen MR) is 116 cm³/mol. The Kier molecular flexibility index (Phi) is 4.69. The maximum atomic E-state index is 13.3. The van der Waals surface area contributed by atoms with E-state index in [0.717, 1.165) is 46.0 Å². The molecule has 2 aromatic rings. The van der Waals surface area contributed by atoms with Crippen molar-refractivity contribution in [1.29, 1.82) is 0 Å². The number of nitrogens with zero attached hydrogens (tertiary/aromatic N) is 2. The van der Waals surface area contributed by atoms with E-state index in [1.807, 2.05) is 22.9 Å². The number of nitrogens with one attached hydrogen (secondary N) is 1. The molecule has 4 aliphatic rings. The van der Waals surface area contributed by atoms with Crippen molar-refractivity contribution in [2.24, 2.45) is 17.8 Å². The van der Waals surface area contributed by atoms with Gasteiger partial charge < -0.3 is 5.32 Å².